The van der Waals surface area contributed by atoms with Crippen LogP contribution in [0.3, 0.4) is 0 Å². The van der Waals surface area contributed by atoms with Crippen LogP contribution in [0.2, 0.25) is 0 Å². The average molecular weight is 260 g/mol. The number of carbonyl (C=O) groups excluding carboxylic acids is 1. The molecule has 5 heteroatoms. The van der Waals surface area contributed by atoms with Crippen LogP contribution in [-0.2, 0) is 4.74 Å². The predicted molar refractivity (Wildman–Crippen MR) is 56.2 cm³/mol. The molecule has 0 aliphatic rings. The number of hydrogen-bond donors (Lipinski definition) is 2. The largest absolute Gasteiger partial charge is 0.447 e. The van der Waals surface area contributed by atoms with Crippen molar-refractivity contribution in [3.05, 3.63) is 28.7 Å². The lowest BCUT2D eigenvalue weighted by molar-refractivity contribution is 0.131. The van der Waals surface area contributed by atoms with Crippen LogP contribution in [0.4, 0.5) is 10.5 Å². The van der Waals surface area contributed by atoms with E-state index in [2.05, 4.69) is 26.0 Å². The Labute approximate surface area is 90.0 Å². The molecule has 1 aromatic rings. The highest BCUT2D eigenvalue weighted by atomic mass is 79.9. The summed E-state index contributed by atoms with van der Waals surface area (Å²) in [7, 11) is 0. The molecule has 2 N–H and O–H groups in total. The highest BCUT2D eigenvalue weighted by Crippen LogP contribution is 2.15. The quantitative estimate of drug-likeness (QED) is 0.873. The standard InChI is InChI=1S/C9H10BrNO3/c10-7-2-1-3-8(6-7)11-9(13)14-5-4-12/h1-3,6,12H,4-5H2,(H,11,13). The first-order chi connectivity index (χ1) is 6.72. The van der Waals surface area contributed by atoms with Gasteiger partial charge in [-0.3, -0.25) is 5.32 Å². The number of nitrogens with one attached hydrogen (secondary N) is 1. The van der Waals surface area contributed by atoms with Crippen molar-refractivity contribution >= 4 is 27.7 Å². The van der Waals surface area contributed by atoms with Gasteiger partial charge in [-0.1, -0.05) is 22.0 Å². The van der Waals surface area contributed by atoms with Crippen molar-refractivity contribution in [1.82, 2.24) is 0 Å². The number of anilines is 1. The monoisotopic (exact) mass is 259 g/mol. The van der Waals surface area contributed by atoms with Crippen molar-refractivity contribution in [1.29, 1.82) is 0 Å². The molecule has 0 saturated carbocycles. The lowest BCUT2D eigenvalue weighted by Crippen LogP contribution is -2.15. The van der Waals surface area contributed by atoms with E-state index in [1.54, 1.807) is 18.2 Å². The van der Waals surface area contributed by atoms with Crippen LogP contribution in [0.25, 0.3) is 0 Å². The van der Waals surface area contributed by atoms with E-state index in [4.69, 9.17) is 5.11 Å². The SMILES string of the molecule is O=C(Nc1cccc(Br)c1)OCCO. The molecule has 4 nitrogen and oxygen atoms in total. The van der Waals surface area contributed by atoms with Gasteiger partial charge in [-0.05, 0) is 18.2 Å². The fourth-order valence-corrected chi connectivity index (χ4v) is 1.26. The molecule has 0 spiro atoms. The number of amides is 1. The maximum Gasteiger partial charge on any atom is 0.411 e. The molecule has 0 saturated heterocycles. The van der Waals surface area contributed by atoms with Gasteiger partial charge < -0.3 is 9.84 Å². The minimum atomic E-state index is -0.572. The van der Waals surface area contributed by atoms with E-state index in [0.29, 0.717) is 5.69 Å². The Morgan fingerprint density at radius 3 is 3.00 bits per heavy atom. The Morgan fingerprint density at radius 2 is 2.36 bits per heavy atom. The van der Waals surface area contributed by atoms with Gasteiger partial charge in [0.05, 0.1) is 6.61 Å². The number of halogens is 1. The summed E-state index contributed by atoms with van der Waals surface area (Å²) in [5, 5.41) is 10.9. The maximum absolute atomic E-state index is 11.0. The third kappa shape index (κ3) is 3.76. The van der Waals surface area contributed by atoms with Crippen LogP contribution in [0.5, 0.6) is 0 Å². The van der Waals surface area contributed by atoms with Gasteiger partial charge >= 0.3 is 6.09 Å². The van der Waals surface area contributed by atoms with Crippen LogP contribution in [0, 0.1) is 0 Å². The molecule has 0 aliphatic heterocycles. The zero-order valence-corrected chi connectivity index (χ0v) is 8.95. The van der Waals surface area contributed by atoms with Gasteiger partial charge in [0.25, 0.3) is 0 Å². The number of rotatable bonds is 3. The second-order valence-corrected chi connectivity index (χ2v) is 3.41. The zero-order chi connectivity index (χ0) is 10.4. The zero-order valence-electron chi connectivity index (χ0n) is 7.37. The minimum absolute atomic E-state index is 0.000162. The van der Waals surface area contributed by atoms with Gasteiger partial charge in [0.1, 0.15) is 6.61 Å². The molecule has 1 amide bonds. The molecule has 0 unspecified atom stereocenters. The summed E-state index contributed by atoms with van der Waals surface area (Å²) in [4.78, 5) is 11.0. The second-order valence-electron chi connectivity index (χ2n) is 2.49. The van der Waals surface area contributed by atoms with Crippen molar-refractivity contribution in [2.75, 3.05) is 18.5 Å². The summed E-state index contributed by atoms with van der Waals surface area (Å²) in [5.41, 5.74) is 0.641. The summed E-state index contributed by atoms with van der Waals surface area (Å²) < 4.78 is 5.49. The van der Waals surface area contributed by atoms with Gasteiger partial charge in [-0.2, -0.15) is 0 Å². The second kappa shape index (κ2) is 5.62. The van der Waals surface area contributed by atoms with Crippen molar-refractivity contribution in [3.63, 3.8) is 0 Å². The lowest BCUT2D eigenvalue weighted by atomic mass is 10.3. The van der Waals surface area contributed by atoms with Crippen LogP contribution in [0.1, 0.15) is 0 Å². The fraction of sp³-hybridized carbons (Fsp3) is 0.222. The Balaban J connectivity index is 2.47. The van der Waals surface area contributed by atoms with Crippen molar-refractivity contribution in [2.45, 2.75) is 0 Å². The molecule has 0 atom stereocenters. The highest BCUT2D eigenvalue weighted by Gasteiger charge is 2.01. The van der Waals surface area contributed by atoms with Crippen LogP contribution in [0.15, 0.2) is 28.7 Å². The third-order valence-corrected chi connectivity index (χ3v) is 1.89. The molecular weight excluding hydrogens is 250 g/mol. The molecule has 0 aliphatic carbocycles. The summed E-state index contributed by atoms with van der Waals surface area (Å²) in [6, 6.07) is 7.14. The molecular formula is C9H10BrNO3. The molecule has 1 aromatic carbocycles. The first kappa shape index (κ1) is 11.0. The van der Waals surface area contributed by atoms with Gasteiger partial charge in [0.2, 0.25) is 0 Å². The van der Waals surface area contributed by atoms with Crippen molar-refractivity contribution in [2.24, 2.45) is 0 Å². The normalized spacial score (nSPS) is 9.57. The Kier molecular flexibility index (Phi) is 4.42. The van der Waals surface area contributed by atoms with Gasteiger partial charge in [0.15, 0.2) is 0 Å². The predicted octanol–water partition coefficient (Wildman–Crippen LogP) is 1.99. The topological polar surface area (TPSA) is 58.6 Å². The smallest absolute Gasteiger partial charge is 0.411 e. The highest BCUT2D eigenvalue weighted by molar-refractivity contribution is 9.10. The van der Waals surface area contributed by atoms with Crippen molar-refractivity contribution < 1.29 is 14.6 Å². The number of carbonyl (C=O) groups is 1. The number of aliphatic hydroxyl groups is 1. The number of hydrogen-bond acceptors (Lipinski definition) is 3. The molecule has 0 bridgehead atoms. The lowest BCUT2D eigenvalue weighted by Gasteiger charge is -2.05. The van der Waals surface area contributed by atoms with E-state index >= 15 is 0 Å². The molecule has 76 valence electrons. The van der Waals surface area contributed by atoms with Crippen LogP contribution < -0.4 is 5.32 Å². The molecule has 14 heavy (non-hydrogen) atoms. The Hall–Kier alpha value is -1.07. The minimum Gasteiger partial charge on any atom is -0.447 e. The molecule has 1 rings (SSSR count). The van der Waals surface area contributed by atoms with E-state index in [1.165, 1.54) is 0 Å². The first-order valence-electron chi connectivity index (χ1n) is 4.02. The Morgan fingerprint density at radius 1 is 1.57 bits per heavy atom. The van der Waals surface area contributed by atoms with E-state index in [9.17, 15) is 4.79 Å². The summed E-state index contributed by atoms with van der Waals surface area (Å²) in [5.74, 6) is 0. The van der Waals surface area contributed by atoms with E-state index in [0.717, 1.165) is 4.47 Å². The van der Waals surface area contributed by atoms with Gasteiger partial charge in [-0.25, -0.2) is 4.79 Å². The summed E-state index contributed by atoms with van der Waals surface area (Å²) in [6.07, 6.45) is -0.572. The van der Waals surface area contributed by atoms with Gasteiger partial charge in [0, 0.05) is 10.2 Å². The van der Waals surface area contributed by atoms with E-state index in [1.807, 2.05) is 6.07 Å². The molecule has 0 heterocycles. The van der Waals surface area contributed by atoms with Gasteiger partial charge in [-0.15, -0.1) is 0 Å². The average Bonchev–Trinajstić information content (AvgIpc) is 2.15. The van der Waals surface area contributed by atoms with E-state index < -0.39 is 6.09 Å². The summed E-state index contributed by atoms with van der Waals surface area (Å²) >= 11 is 3.27. The van der Waals surface area contributed by atoms with Crippen LogP contribution in [-0.4, -0.2) is 24.4 Å². The molecule has 0 aromatic heterocycles. The first-order valence-corrected chi connectivity index (χ1v) is 4.82. The third-order valence-electron chi connectivity index (χ3n) is 1.40. The van der Waals surface area contributed by atoms with E-state index in [-0.39, 0.29) is 13.2 Å². The fourth-order valence-electron chi connectivity index (χ4n) is 0.859. The molecule has 0 radical (unpaired) electrons. The molecule has 0 fully saturated rings. The number of benzene rings is 1. The number of aliphatic hydroxyl groups excluding tert-OH is 1. The summed E-state index contributed by atoms with van der Waals surface area (Å²) in [6.45, 7) is -0.175. The van der Waals surface area contributed by atoms with Crippen molar-refractivity contribution in [3.8, 4) is 0 Å². The number of ether oxygens (including phenoxy) is 1. The van der Waals surface area contributed by atoms with Crippen LogP contribution >= 0.6 is 15.9 Å². The maximum atomic E-state index is 11.0. The Bertz CT molecular complexity index is 317.